The number of nitrogens with one attached hydrogen (secondary N) is 1. The van der Waals surface area contributed by atoms with Crippen LogP contribution in [0.2, 0.25) is 0 Å². The van der Waals surface area contributed by atoms with Crippen LogP contribution in [-0.2, 0) is 11.3 Å². The summed E-state index contributed by atoms with van der Waals surface area (Å²) in [7, 11) is 1.70. The van der Waals surface area contributed by atoms with Gasteiger partial charge in [0.05, 0.1) is 13.2 Å². The molecule has 1 aromatic rings. The van der Waals surface area contributed by atoms with Gasteiger partial charge in [0.2, 0.25) is 5.91 Å². The molecule has 2 saturated heterocycles. The van der Waals surface area contributed by atoms with Crippen molar-refractivity contribution in [3.63, 3.8) is 0 Å². The Bertz CT molecular complexity index is 612. The fourth-order valence-corrected chi connectivity index (χ4v) is 3.96. The summed E-state index contributed by atoms with van der Waals surface area (Å²) >= 11 is 0. The van der Waals surface area contributed by atoms with Gasteiger partial charge < -0.3 is 14.8 Å². The number of piperidine rings is 2. The number of rotatable bonds is 6. The van der Waals surface area contributed by atoms with E-state index in [9.17, 15) is 4.79 Å². The van der Waals surface area contributed by atoms with E-state index in [0.717, 1.165) is 63.4 Å². The summed E-state index contributed by atoms with van der Waals surface area (Å²) in [5, 5.41) is 3.07. The first kappa shape index (κ1) is 19.0. The molecule has 3 rings (SSSR count). The van der Waals surface area contributed by atoms with Crippen LogP contribution in [0.1, 0.15) is 51.5 Å². The van der Waals surface area contributed by atoms with Crippen LogP contribution >= 0.6 is 0 Å². The van der Waals surface area contributed by atoms with Crippen molar-refractivity contribution in [1.29, 1.82) is 0 Å². The molecule has 5 nitrogen and oxygen atoms in total. The second-order valence-corrected chi connectivity index (χ2v) is 7.84. The standard InChI is InChI=1S/C21H32N2O3/c1-4-16(2)26-20-17(6-5-7-18(20)25-3)14-23-12-10-21(11-13-23)9-8-19(24)22-15-21/h5-7,16H,4,8-15H2,1-3H3,(H,22,24). The number of likely N-dealkylation sites (tertiary alicyclic amines) is 1. The molecule has 2 aliphatic rings. The summed E-state index contributed by atoms with van der Waals surface area (Å²) in [6.45, 7) is 8.09. The van der Waals surface area contributed by atoms with Gasteiger partial charge in [0.15, 0.2) is 11.5 Å². The number of carbonyl (C=O) groups is 1. The molecule has 144 valence electrons. The van der Waals surface area contributed by atoms with Crippen molar-refractivity contribution in [2.45, 2.75) is 58.6 Å². The summed E-state index contributed by atoms with van der Waals surface area (Å²) in [6, 6.07) is 6.16. The van der Waals surface area contributed by atoms with Crippen molar-refractivity contribution >= 4 is 5.91 Å². The molecule has 1 atom stereocenters. The van der Waals surface area contributed by atoms with Gasteiger partial charge in [-0.1, -0.05) is 19.1 Å². The first-order chi connectivity index (χ1) is 12.5. The molecule has 26 heavy (non-hydrogen) atoms. The lowest BCUT2D eigenvalue weighted by Crippen LogP contribution is -2.49. The van der Waals surface area contributed by atoms with E-state index in [0.29, 0.717) is 11.8 Å². The summed E-state index contributed by atoms with van der Waals surface area (Å²) in [5.41, 5.74) is 1.51. The number of methoxy groups -OCH3 is 1. The third-order valence-electron chi connectivity index (χ3n) is 6.03. The number of para-hydroxylation sites is 1. The summed E-state index contributed by atoms with van der Waals surface area (Å²) in [4.78, 5) is 14.0. The van der Waals surface area contributed by atoms with Crippen molar-refractivity contribution in [2.75, 3.05) is 26.7 Å². The normalized spacial score (nSPS) is 21.3. The number of benzene rings is 1. The number of hydrogen-bond acceptors (Lipinski definition) is 4. The molecule has 2 aliphatic heterocycles. The van der Waals surface area contributed by atoms with E-state index < -0.39 is 0 Å². The van der Waals surface area contributed by atoms with Gasteiger partial charge >= 0.3 is 0 Å². The van der Waals surface area contributed by atoms with Crippen LogP contribution < -0.4 is 14.8 Å². The predicted molar refractivity (Wildman–Crippen MR) is 103 cm³/mol. The molecule has 0 bridgehead atoms. The van der Waals surface area contributed by atoms with Crippen LogP contribution in [0, 0.1) is 5.41 Å². The van der Waals surface area contributed by atoms with Crippen LogP contribution in [-0.4, -0.2) is 43.7 Å². The van der Waals surface area contributed by atoms with E-state index in [-0.39, 0.29) is 12.0 Å². The van der Waals surface area contributed by atoms with E-state index in [2.05, 4.69) is 30.1 Å². The number of nitrogens with zero attached hydrogens (tertiary/aromatic N) is 1. The minimum atomic E-state index is 0.167. The van der Waals surface area contributed by atoms with Gasteiger partial charge in [0.25, 0.3) is 0 Å². The maximum Gasteiger partial charge on any atom is 0.220 e. The average Bonchev–Trinajstić information content (AvgIpc) is 2.67. The lowest BCUT2D eigenvalue weighted by atomic mass is 9.73. The third-order valence-corrected chi connectivity index (χ3v) is 6.03. The van der Waals surface area contributed by atoms with Crippen LogP contribution in [0.3, 0.4) is 0 Å². The highest BCUT2D eigenvalue weighted by Gasteiger charge is 2.37. The van der Waals surface area contributed by atoms with Crippen LogP contribution in [0.25, 0.3) is 0 Å². The quantitative estimate of drug-likeness (QED) is 0.845. The number of hydrogen-bond donors (Lipinski definition) is 1. The van der Waals surface area contributed by atoms with Crippen molar-refractivity contribution in [3.8, 4) is 11.5 Å². The Morgan fingerprint density at radius 3 is 2.65 bits per heavy atom. The van der Waals surface area contributed by atoms with Gasteiger partial charge in [-0.2, -0.15) is 0 Å². The topological polar surface area (TPSA) is 50.8 Å². The highest BCUT2D eigenvalue weighted by molar-refractivity contribution is 5.76. The van der Waals surface area contributed by atoms with E-state index >= 15 is 0 Å². The SMILES string of the molecule is CCC(C)Oc1c(CN2CCC3(CCC(=O)NC3)CC2)cccc1OC. The molecule has 0 saturated carbocycles. The summed E-state index contributed by atoms with van der Waals surface area (Å²) in [6.07, 6.45) is 5.16. The van der Waals surface area contributed by atoms with Gasteiger partial charge in [-0.05, 0) is 57.2 Å². The first-order valence-electron chi connectivity index (χ1n) is 9.87. The fourth-order valence-electron chi connectivity index (χ4n) is 3.96. The molecule has 2 heterocycles. The molecule has 0 aromatic heterocycles. The Kier molecular flexibility index (Phi) is 6.07. The molecular formula is C21H32N2O3. The Morgan fingerprint density at radius 1 is 1.27 bits per heavy atom. The summed E-state index contributed by atoms with van der Waals surface area (Å²) < 4.78 is 11.7. The Labute approximate surface area is 157 Å². The Balaban J connectivity index is 1.65. The zero-order valence-corrected chi connectivity index (χ0v) is 16.3. The second-order valence-electron chi connectivity index (χ2n) is 7.84. The molecular weight excluding hydrogens is 328 g/mol. The smallest absolute Gasteiger partial charge is 0.220 e. The maximum atomic E-state index is 11.5. The van der Waals surface area contributed by atoms with Crippen molar-refractivity contribution in [3.05, 3.63) is 23.8 Å². The summed E-state index contributed by atoms with van der Waals surface area (Å²) in [5.74, 6) is 1.90. The number of ether oxygens (including phenoxy) is 2. The second kappa shape index (κ2) is 8.30. The molecule has 1 N–H and O–H groups in total. The molecule has 1 amide bonds. The van der Waals surface area contributed by atoms with Gasteiger partial charge in [-0.15, -0.1) is 0 Å². The lowest BCUT2D eigenvalue weighted by molar-refractivity contribution is -0.125. The maximum absolute atomic E-state index is 11.5. The minimum absolute atomic E-state index is 0.167. The zero-order valence-electron chi connectivity index (χ0n) is 16.3. The van der Waals surface area contributed by atoms with E-state index in [1.165, 1.54) is 5.56 Å². The fraction of sp³-hybridized carbons (Fsp3) is 0.667. The van der Waals surface area contributed by atoms with Crippen molar-refractivity contribution in [2.24, 2.45) is 5.41 Å². The zero-order chi connectivity index (χ0) is 18.6. The van der Waals surface area contributed by atoms with Crippen LogP contribution in [0.15, 0.2) is 18.2 Å². The third kappa shape index (κ3) is 4.32. The van der Waals surface area contributed by atoms with E-state index in [4.69, 9.17) is 9.47 Å². The number of carbonyl (C=O) groups excluding carboxylic acids is 1. The molecule has 1 spiro atoms. The Hall–Kier alpha value is -1.75. The average molecular weight is 360 g/mol. The molecule has 0 aliphatic carbocycles. The minimum Gasteiger partial charge on any atom is -0.493 e. The number of amides is 1. The van der Waals surface area contributed by atoms with Crippen LogP contribution in [0.5, 0.6) is 11.5 Å². The molecule has 5 heteroatoms. The van der Waals surface area contributed by atoms with Crippen molar-refractivity contribution < 1.29 is 14.3 Å². The monoisotopic (exact) mass is 360 g/mol. The largest absolute Gasteiger partial charge is 0.493 e. The molecule has 1 aromatic carbocycles. The molecule has 0 radical (unpaired) electrons. The van der Waals surface area contributed by atoms with Gasteiger partial charge in [0, 0.05) is 25.1 Å². The first-order valence-corrected chi connectivity index (χ1v) is 9.87. The lowest BCUT2D eigenvalue weighted by Gasteiger charge is -2.44. The van der Waals surface area contributed by atoms with Gasteiger partial charge in [-0.3, -0.25) is 9.69 Å². The van der Waals surface area contributed by atoms with Crippen molar-refractivity contribution in [1.82, 2.24) is 10.2 Å². The van der Waals surface area contributed by atoms with Gasteiger partial charge in [-0.25, -0.2) is 0 Å². The highest BCUT2D eigenvalue weighted by atomic mass is 16.5. The predicted octanol–water partition coefficient (Wildman–Crippen LogP) is 3.36. The highest BCUT2D eigenvalue weighted by Crippen LogP contribution is 2.39. The molecule has 2 fully saturated rings. The Morgan fingerprint density at radius 2 is 2.04 bits per heavy atom. The van der Waals surface area contributed by atoms with Gasteiger partial charge in [0.1, 0.15) is 0 Å². The van der Waals surface area contributed by atoms with E-state index in [1.54, 1.807) is 7.11 Å². The molecule has 1 unspecified atom stereocenters. The van der Waals surface area contributed by atoms with Crippen LogP contribution in [0.4, 0.5) is 0 Å². The van der Waals surface area contributed by atoms with E-state index in [1.807, 2.05) is 12.1 Å².